The highest BCUT2D eigenvalue weighted by Gasteiger charge is 2.34. The molecule has 2 unspecified atom stereocenters. The average Bonchev–Trinajstić information content (AvgIpc) is 2.54. The van der Waals surface area contributed by atoms with Crippen molar-refractivity contribution in [3.05, 3.63) is 29.8 Å². The third kappa shape index (κ3) is 6.33. The molecule has 0 saturated carbocycles. The molecule has 1 aliphatic rings. The van der Waals surface area contributed by atoms with Crippen LogP contribution in [0.25, 0.3) is 0 Å². The molecule has 1 aliphatic heterocycles. The van der Waals surface area contributed by atoms with Gasteiger partial charge in [0.25, 0.3) is 0 Å². The molecular weight excluding hydrogens is 344 g/mol. The van der Waals surface area contributed by atoms with E-state index in [0.29, 0.717) is 36.7 Å². The van der Waals surface area contributed by atoms with Gasteiger partial charge in [0.2, 0.25) is 11.8 Å². The molecule has 27 heavy (non-hydrogen) atoms. The minimum absolute atomic E-state index is 0.0369. The number of aliphatic hydroxyl groups excluding tert-OH is 1. The molecule has 0 bridgehead atoms. The molecule has 150 valence electrons. The SMILES string of the molecule is CC(C)CN1C(=O)COCC1C(O)c1ccc(NC(=O)CC(C)(C)C)cc1. The summed E-state index contributed by atoms with van der Waals surface area (Å²) in [5.41, 5.74) is 1.31. The second-order valence-corrected chi connectivity index (χ2v) is 8.87. The van der Waals surface area contributed by atoms with Gasteiger partial charge in [0.15, 0.2) is 0 Å². The highest BCUT2D eigenvalue weighted by atomic mass is 16.5. The van der Waals surface area contributed by atoms with E-state index in [1.165, 1.54) is 0 Å². The summed E-state index contributed by atoms with van der Waals surface area (Å²) in [5, 5.41) is 13.7. The lowest BCUT2D eigenvalue weighted by molar-refractivity contribution is -0.155. The number of carbonyl (C=O) groups is 2. The molecular formula is C21H32N2O4. The summed E-state index contributed by atoms with van der Waals surface area (Å²) in [7, 11) is 0. The summed E-state index contributed by atoms with van der Waals surface area (Å²) in [6.07, 6.45) is -0.407. The highest BCUT2D eigenvalue weighted by Crippen LogP contribution is 2.26. The lowest BCUT2D eigenvalue weighted by atomic mass is 9.92. The maximum atomic E-state index is 12.2. The van der Waals surface area contributed by atoms with Gasteiger partial charge in [-0.3, -0.25) is 9.59 Å². The minimum atomic E-state index is -0.840. The number of aliphatic hydroxyl groups is 1. The molecule has 2 atom stereocenters. The van der Waals surface area contributed by atoms with Gasteiger partial charge in [-0.1, -0.05) is 46.8 Å². The van der Waals surface area contributed by atoms with Gasteiger partial charge in [0, 0.05) is 18.7 Å². The van der Waals surface area contributed by atoms with Crippen LogP contribution in [0, 0.1) is 11.3 Å². The number of nitrogens with zero attached hydrogens (tertiary/aromatic N) is 1. The van der Waals surface area contributed by atoms with Gasteiger partial charge in [-0.05, 0) is 29.0 Å². The predicted molar refractivity (Wildman–Crippen MR) is 105 cm³/mol. The monoisotopic (exact) mass is 376 g/mol. The van der Waals surface area contributed by atoms with Crippen molar-refractivity contribution >= 4 is 17.5 Å². The zero-order chi connectivity index (χ0) is 20.2. The van der Waals surface area contributed by atoms with Crippen molar-refractivity contribution in [1.29, 1.82) is 0 Å². The number of morpholine rings is 1. The van der Waals surface area contributed by atoms with Gasteiger partial charge in [-0.15, -0.1) is 0 Å². The third-order valence-electron chi connectivity index (χ3n) is 4.39. The summed E-state index contributed by atoms with van der Waals surface area (Å²) >= 11 is 0. The van der Waals surface area contributed by atoms with Gasteiger partial charge in [0.05, 0.1) is 12.6 Å². The van der Waals surface area contributed by atoms with Gasteiger partial charge >= 0.3 is 0 Å². The second-order valence-electron chi connectivity index (χ2n) is 8.87. The number of amides is 2. The lowest BCUT2D eigenvalue weighted by Gasteiger charge is -2.39. The second kappa shape index (κ2) is 8.85. The Morgan fingerprint density at radius 3 is 2.48 bits per heavy atom. The Hall–Kier alpha value is -1.92. The molecule has 6 nitrogen and oxygen atoms in total. The summed E-state index contributed by atoms with van der Waals surface area (Å²) in [5.74, 6) is 0.178. The summed E-state index contributed by atoms with van der Waals surface area (Å²) in [4.78, 5) is 26.0. The first-order valence-electron chi connectivity index (χ1n) is 9.52. The standard InChI is InChI=1S/C21H32N2O4/c1-14(2)11-23-17(12-27-13-19(23)25)20(26)15-6-8-16(9-7-15)22-18(24)10-21(3,4)5/h6-9,14,17,20,26H,10-13H2,1-5H3,(H,22,24). The number of nitrogens with one attached hydrogen (secondary N) is 1. The molecule has 1 heterocycles. The Labute approximate surface area is 161 Å². The smallest absolute Gasteiger partial charge is 0.249 e. The normalized spacial score (nSPS) is 19.3. The first-order chi connectivity index (χ1) is 12.6. The highest BCUT2D eigenvalue weighted by molar-refractivity contribution is 5.91. The van der Waals surface area contributed by atoms with Crippen molar-refractivity contribution in [2.75, 3.05) is 25.1 Å². The van der Waals surface area contributed by atoms with Gasteiger partial charge < -0.3 is 20.1 Å². The number of hydrogen-bond acceptors (Lipinski definition) is 4. The van der Waals surface area contributed by atoms with E-state index >= 15 is 0 Å². The Bertz CT molecular complexity index is 649. The van der Waals surface area contributed by atoms with Crippen molar-refractivity contribution < 1.29 is 19.4 Å². The van der Waals surface area contributed by atoms with Crippen LogP contribution in [0.2, 0.25) is 0 Å². The zero-order valence-corrected chi connectivity index (χ0v) is 17.0. The number of anilines is 1. The maximum Gasteiger partial charge on any atom is 0.249 e. The van der Waals surface area contributed by atoms with Gasteiger partial charge in [0.1, 0.15) is 12.7 Å². The van der Waals surface area contributed by atoms with Crippen LogP contribution in [0.4, 0.5) is 5.69 Å². The van der Waals surface area contributed by atoms with Crippen LogP contribution in [0.15, 0.2) is 24.3 Å². The van der Waals surface area contributed by atoms with Crippen LogP contribution in [0.1, 0.15) is 52.7 Å². The van der Waals surface area contributed by atoms with E-state index in [1.54, 1.807) is 29.2 Å². The molecule has 2 N–H and O–H groups in total. The molecule has 1 aromatic rings. The van der Waals surface area contributed by atoms with Crippen LogP contribution in [0.3, 0.4) is 0 Å². The zero-order valence-electron chi connectivity index (χ0n) is 17.0. The first kappa shape index (κ1) is 21.4. The van der Waals surface area contributed by atoms with Crippen molar-refractivity contribution in [1.82, 2.24) is 4.90 Å². The van der Waals surface area contributed by atoms with E-state index in [0.717, 1.165) is 0 Å². The summed E-state index contributed by atoms with van der Waals surface area (Å²) < 4.78 is 5.36. The van der Waals surface area contributed by atoms with Gasteiger partial charge in [-0.2, -0.15) is 0 Å². The predicted octanol–water partition coefficient (Wildman–Crippen LogP) is 2.98. The molecule has 6 heteroatoms. The van der Waals surface area contributed by atoms with E-state index in [2.05, 4.69) is 5.32 Å². The Kier molecular flexibility index (Phi) is 7.00. The van der Waals surface area contributed by atoms with E-state index in [9.17, 15) is 14.7 Å². The Morgan fingerprint density at radius 1 is 1.30 bits per heavy atom. The molecule has 1 fully saturated rings. The van der Waals surface area contributed by atoms with Crippen molar-refractivity contribution in [2.24, 2.45) is 11.3 Å². The Morgan fingerprint density at radius 2 is 1.93 bits per heavy atom. The van der Waals surface area contributed by atoms with Crippen LogP contribution in [0.5, 0.6) is 0 Å². The van der Waals surface area contributed by atoms with E-state index in [-0.39, 0.29) is 23.8 Å². The van der Waals surface area contributed by atoms with E-state index in [1.807, 2.05) is 34.6 Å². The largest absolute Gasteiger partial charge is 0.386 e. The fourth-order valence-electron chi connectivity index (χ4n) is 3.19. The average molecular weight is 376 g/mol. The van der Waals surface area contributed by atoms with Crippen molar-refractivity contribution in [2.45, 2.75) is 53.2 Å². The fourth-order valence-corrected chi connectivity index (χ4v) is 3.19. The number of carbonyl (C=O) groups excluding carboxylic acids is 2. The van der Waals surface area contributed by atoms with Gasteiger partial charge in [-0.25, -0.2) is 0 Å². The van der Waals surface area contributed by atoms with Crippen molar-refractivity contribution in [3.63, 3.8) is 0 Å². The topological polar surface area (TPSA) is 78.9 Å². The minimum Gasteiger partial charge on any atom is -0.386 e. The van der Waals surface area contributed by atoms with E-state index < -0.39 is 12.1 Å². The first-order valence-corrected chi connectivity index (χ1v) is 9.52. The molecule has 0 spiro atoms. The molecule has 1 aromatic carbocycles. The molecule has 2 amide bonds. The lowest BCUT2D eigenvalue weighted by Crippen LogP contribution is -2.53. The number of hydrogen-bond donors (Lipinski definition) is 2. The van der Waals surface area contributed by atoms with Crippen LogP contribution in [-0.4, -0.2) is 47.6 Å². The molecule has 0 aliphatic carbocycles. The van der Waals surface area contributed by atoms with E-state index in [4.69, 9.17) is 4.74 Å². The molecule has 0 aromatic heterocycles. The third-order valence-corrected chi connectivity index (χ3v) is 4.39. The molecule has 0 radical (unpaired) electrons. The number of ether oxygens (including phenoxy) is 1. The number of benzene rings is 1. The molecule has 1 saturated heterocycles. The van der Waals surface area contributed by atoms with Crippen LogP contribution < -0.4 is 5.32 Å². The number of rotatable bonds is 6. The van der Waals surface area contributed by atoms with Crippen LogP contribution >= 0.6 is 0 Å². The van der Waals surface area contributed by atoms with Crippen LogP contribution in [-0.2, 0) is 14.3 Å². The summed E-state index contributed by atoms with van der Waals surface area (Å²) in [6.45, 7) is 11.1. The summed E-state index contributed by atoms with van der Waals surface area (Å²) in [6, 6.07) is 6.71. The Balaban J connectivity index is 2.06. The van der Waals surface area contributed by atoms with Crippen molar-refractivity contribution in [3.8, 4) is 0 Å². The molecule has 2 rings (SSSR count). The quantitative estimate of drug-likeness (QED) is 0.800. The maximum absolute atomic E-state index is 12.2. The fraction of sp³-hybridized carbons (Fsp3) is 0.619.